The first kappa shape index (κ1) is 11.0. The summed E-state index contributed by atoms with van der Waals surface area (Å²) in [4.78, 5) is 22.7. The molecule has 1 rings (SSSR count). The average molecular weight is 201 g/mol. The van der Waals surface area contributed by atoms with E-state index in [1.54, 1.807) is 0 Å². The zero-order valence-electron chi connectivity index (χ0n) is 8.41. The lowest BCUT2D eigenvalue weighted by Crippen LogP contribution is -2.44. The van der Waals surface area contributed by atoms with Gasteiger partial charge in [-0.25, -0.2) is 0 Å². The first-order chi connectivity index (χ1) is 6.70. The van der Waals surface area contributed by atoms with Gasteiger partial charge in [-0.1, -0.05) is 0 Å². The molecule has 1 aliphatic heterocycles. The molecule has 0 aromatic rings. The molecule has 0 radical (unpaired) electrons. The van der Waals surface area contributed by atoms with E-state index in [1.807, 2.05) is 0 Å². The van der Waals surface area contributed by atoms with Crippen molar-refractivity contribution in [1.82, 2.24) is 5.32 Å². The highest BCUT2D eigenvalue weighted by atomic mass is 16.5. The van der Waals surface area contributed by atoms with Crippen LogP contribution in [-0.4, -0.2) is 39.2 Å². The predicted octanol–water partition coefficient (Wildman–Crippen LogP) is -0.442. The number of ether oxygens (including phenoxy) is 2. The van der Waals surface area contributed by atoms with Crippen molar-refractivity contribution < 1.29 is 19.1 Å². The number of piperidine rings is 1. The van der Waals surface area contributed by atoms with Crippen LogP contribution < -0.4 is 5.32 Å². The highest BCUT2D eigenvalue weighted by molar-refractivity contribution is 5.82. The monoisotopic (exact) mass is 201 g/mol. The first-order valence-electron chi connectivity index (χ1n) is 4.57. The number of hydrogen-bond donors (Lipinski definition) is 1. The average Bonchev–Trinajstić information content (AvgIpc) is 2.27. The van der Waals surface area contributed by atoms with Gasteiger partial charge in [-0.15, -0.1) is 0 Å². The van der Waals surface area contributed by atoms with E-state index in [4.69, 9.17) is 0 Å². The largest absolute Gasteiger partial charge is 0.469 e. The van der Waals surface area contributed by atoms with E-state index in [9.17, 15) is 9.59 Å². The summed E-state index contributed by atoms with van der Waals surface area (Å²) in [7, 11) is 2.66. The Hall–Kier alpha value is -1.10. The smallest absolute Gasteiger partial charge is 0.310 e. The van der Waals surface area contributed by atoms with Gasteiger partial charge in [0, 0.05) is 6.54 Å². The summed E-state index contributed by atoms with van der Waals surface area (Å²) in [6.07, 6.45) is 0.618. The van der Waals surface area contributed by atoms with Crippen molar-refractivity contribution in [1.29, 1.82) is 0 Å². The van der Waals surface area contributed by atoms with E-state index in [-0.39, 0.29) is 17.9 Å². The van der Waals surface area contributed by atoms with Gasteiger partial charge in [-0.3, -0.25) is 9.59 Å². The van der Waals surface area contributed by atoms with E-state index >= 15 is 0 Å². The van der Waals surface area contributed by atoms with E-state index in [2.05, 4.69) is 14.8 Å². The lowest BCUT2D eigenvalue weighted by Gasteiger charge is -2.27. The first-order valence-corrected chi connectivity index (χ1v) is 4.57. The fourth-order valence-electron chi connectivity index (χ4n) is 1.69. The topological polar surface area (TPSA) is 64.6 Å². The molecule has 1 heterocycles. The van der Waals surface area contributed by atoms with Crippen LogP contribution in [0.15, 0.2) is 0 Å². The van der Waals surface area contributed by atoms with Crippen molar-refractivity contribution in [3.63, 3.8) is 0 Å². The Morgan fingerprint density at radius 3 is 2.29 bits per heavy atom. The molecule has 0 aliphatic carbocycles. The van der Waals surface area contributed by atoms with Gasteiger partial charge in [0.25, 0.3) is 0 Å². The summed E-state index contributed by atoms with van der Waals surface area (Å²) in [6, 6.07) is 0. The molecular formula is C9H15NO4. The molecule has 0 saturated carbocycles. The zero-order chi connectivity index (χ0) is 10.6. The maximum Gasteiger partial charge on any atom is 0.310 e. The number of rotatable bonds is 2. The Balaban J connectivity index is 2.68. The number of carbonyl (C=O) groups excluding carboxylic acids is 2. The summed E-state index contributed by atoms with van der Waals surface area (Å²) < 4.78 is 9.27. The summed E-state index contributed by atoms with van der Waals surface area (Å²) in [5, 5.41) is 3.05. The van der Waals surface area contributed by atoms with Crippen molar-refractivity contribution in [3.05, 3.63) is 0 Å². The Bertz CT molecular complexity index is 205. The molecule has 0 spiro atoms. The number of nitrogens with one attached hydrogen (secondary N) is 1. The third-order valence-corrected chi connectivity index (χ3v) is 2.49. The van der Waals surface area contributed by atoms with Gasteiger partial charge in [0.15, 0.2) is 0 Å². The van der Waals surface area contributed by atoms with Crippen molar-refractivity contribution in [2.45, 2.75) is 6.42 Å². The SMILES string of the molecule is COC(=O)[C@H]1CCNC[C@@H]1C(=O)OC. The van der Waals surface area contributed by atoms with Crippen LogP contribution in [0.5, 0.6) is 0 Å². The molecule has 0 amide bonds. The maximum atomic E-state index is 11.3. The number of esters is 2. The van der Waals surface area contributed by atoms with Gasteiger partial charge in [-0.05, 0) is 13.0 Å². The lowest BCUT2D eigenvalue weighted by molar-refractivity contribution is -0.158. The fourth-order valence-corrected chi connectivity index (χ4v) is 1.69. The molecule has 0 aromatic carbocycles. The second kappa shape index (κ2) is 4.95. The zero-order valence-corrected chi connectivity index (χ0v) is 8.41. The summed E-state index contributed by atoms with van der Waals surface area (Å²) in [5.41, 5.74) is 0. The molecule has 1 fully saturated rings. The molecule has 5 nitrogen and oxygen atoms in total. The molecule has 0 aromatic heterocycles. The Morgan fingerprint density at radius 2 is 1.71 bits per heavy atom. The van der Waals surface area contributed by atoms with Gasteiger partial charge in [-0.2, -0.15) is 0 Å². The van der Waals surface area contributed by atoms with Crippen molar-refractivity contribution in [3.8, 4) is 0 Å². The van der Waals surface area contributed by atoms with Crippen LogP contribution in [0.3, 0.4) is 0 Å². The number of methoxy groups -OCH3 is 2. The molecular weight excluding hydrogens is 186 g/mol. The fraction of sp³-hybridized carbons (Fsp3) is 0.778. The molecule has 80 valence electrons. The van der Waals surface area contributed by atoms with Crippen molar-refractivity contribution in [2.75, 3.05) is 27.3 Å². The van der Waals surface area contributed by atoms with Crippen molar-refractivity contribution >= 4 is 11.9 Å². The molecule has 5 heteroatoms. The summed E-state index contributed by atoms with van der Waals surface area (Å²) in [6.45, 7) is 1.21. The van der Waals surface area contributed by atoms with Crippen LogP contribution in [0.1, 0.15) is 6.42 Å². The van der Waals surface area contributed by atoms with Gasteiger partial charge < -0.3 is 14.8 Å². The number of hydrogen-bond acceptors (Lipinski definition) is 5. The minimum atomic E-state index is -0.416. The Morgan fingerprint density at radius 1 is 1.14 bits per heavy atom. The van der Waals surface area contributed by atoms with Crippen molar-refractivity contribution in [2.24, 2.45) is 11.8 Å². The molecule has 0 unspecified atom stereocenters. The third-order valence-electron chi connectivity index (χ3n) is 2.49. The van der Waals surface area contributed by atoms with Crippen LogP contribution in [0.4, 0.5) is 0 Å². The standard InChI is InChI=1S/C9H15NO4/c1-13-8(11)6-3-4-10-5-7(6)9(12)14-2/h6-7,10H,3-5H2,1-2H3/t6-,7-/m0/s1. The van der Waals surface area contributed by atoms with E-state index in [0.29, 0.717) is 13.0 Å². The van der Waals surface area contributed by atoms with Crippen LogP contribution in [-0.2, 0) is 19.1 Å². The summed E-state index contributed by atoms with van der Waals surface area (Å²) in [5.74, 6) is -1.47. The quantitative estimate of drug-likeness (QED) is 0.613. The third kappa shape index (κ3) is 2.23. The van der Waals surface area contributed by atoms with E-state index in [1.165, 1.54) is 14.2 Å². The minimum Gasteiger partial charge on any atom is -0.469 e. The predicted molar refractivity (Wildman–Crippen MR) is 48.5 cm³/mol. The van der Waals surface area contributed by atoms with E-state index < -0.39 is 5.92 Å². The Labute approximate surface area is 82.8 Å². The van der Waals surface area contributed by atoms with Gasteiger partial charge in [0.05, 0.1) is 26.1 Å². The maximum absolute atomic E-state index is 11.3. The molecule has 14 heavy (non-hydrogen) atoms. The second-order valence-electron chi connectivity index (χ2n) is 3.25. The van der Waals surface area contributed by atoms with E-state index in [0.717, 1.165) is 6.54 Å². The van der Waals surface area contributed by atoms with Gasteiger partial charge in [0.1, 0.15) is 0 Å². The van der Waals surface area contributed by atoms with Gasteiger partial charge in [0.2, 0.25) is 0 Å². The van der Waals surface area contributed by atoms with Crippen LogP contribution in [0, 0.1) is 11.8 Å². The molecule has 1 aliphatic rings. The normalized spacial score (nSPS) is 26.7. The minimum absolute atomic E-state index is 0.332. The lowest BCUT2D eigenvalue weighted by atomic mass is 9.86. The molecule has 1 saturated heterocycles. The summed E-state index contributed by atoms with van der Waals surface area (Å²) >= 11 is 0. The van der Waals surface area contributed by atoms with Crippen LogP contribution >= 0.6 is 0 Å². The number of carbonyl (C=O) groups is 2. The second-order valence-corrected chi connectivity index (χ2v) is 3.25. The molecule has 0 bridgehead atoms. The van der Waals surface area contributed by atoms with Crippen LogP contribution in [0.2, 0.25) is 0 Å². The highest BCUT2D eigenvalue weighted by Crippen LogP contribution is 2.21. The van der Waals surface area contributed by atoms with Gasteiger partial charge >= 0.3 is 11.9 Å². The Kier molecular flexibility index (Phi) is 3.88. The highest BCUT2D eigenvalue weighted by Gasteiger charge is 2.37. The van der Waals surface area contributed by atoms with Crippen LogP contribution in [0.25, 0.3) is 0 Å². The molecule has 1 N–H and O–H groups in total. The molecule has 2 atom stereocenters.